The fraction of sp³-hybridized carbons (Fsp3) is 0.211. The number of carbonyl (C=O) groups is 2. The first-order valence-corrected chi connectivity index (χ1v) is 8.31. The third-order valence-electron chi connectivity index (χ3n) is 3.71. The van der Waals surface area contributed by atoms with Crippen molar-refractivity contribution in [2.45, 2.75) is 13.8 Å². The molecule has 0 spiro atoms. The number of para-hydroxylation sites is 1. The van der Waals surface area contributed by atoms with Crippen LogP contribution in [0.1, 0.15) is 34.6 Å². The third-order valence-corrected chi connectivity index (χ3v) is 3.71. The molecule has 0 atom stereocenters. The SMILES string of the molecule is CCOC(=O)c1cnn2ccc(NC(=O)c3ccccc3OCC)cc12. The summed E-state index contributed by atoms with van der Waals surface area (Å²) >= 11 is 0. The van der Waals surface area contributed by atoms with Crippen molar-refractivity contribution < 1.29 is 19.1 Å². The first kappa shape index (κ1) is 17.5. The van der Waals surface area contributed by atoms with Gasteiger partial charge < -0.3 is 14.8 Å². The van der Waals surface area contributed by atoms with Crippen LogP contribution in [0.3, 0.4) is 0 Å². The Labute approximate surface area is 150 Å². The van der Waals surface area contributed by atoms with E-state index >= 15 is 0 Å². The highest BCUT2D eigenvalue weighted by Gasteiger charge is 2.16. The molecule has 3 aromatic rings. The van der Waals surface area contributed by atoms with Crippen LogP contribution in [0.25, 0.3) is 5.52 Å². The van der Waals surface area contributed by atoms with Crippen LogP contribution in [0.4, 0.5) is 5.69 Å². The Morgan fingerprint density at radius 1 is 1.12 bits per heavy atom. The summed E-state index contributed by atoms with van der Waals surface area (Å²) in [6, 6.07) is 10.4. The molecule has 0 radical (unpaired) electrons. The van der Waals surface area contributed by atoms with Crippen LogP contribution in [0.5, 0.6) is 5.75 Å². The molecule has 0 saturated carbocycles. The highest BCUT2D eigenvalue weighted by atomic mass is 16.5. The number of esters is 1. The molecular formula is C19H19N3O4. The zero-order valence-electron chi connectivity index (χ0n) is 14.6. The second-order valence-electron chi connectivity index (χ2n) is 5.41. The van der Waals surface area contributed by atoms with Crippen LogP contribution in [-0.4, -0.2) is 34.7 Å². The molecule has 7 heteroatoms. The number of fused-ring (bicyclic) bond motifs is 1. The smallest absolute Gasteiger partial charge is 0.341 e. The van der Waals surface area contributed by atoms with Crippen LogP contribution in [0.15, 0.2) is 48.8 Å². The topological polar surface area (TPSA) is 81.9 Å². The number of benzene rings is 1. The van der Waals surface area contributed by atoms with E-state index in [1.54, 1.807) is 48.0 Å². The van der Waals surface area contributed by atoms with Gasteiger partial charge in [0.2, 0.25) is 0 Å². The molecule has 0 saturated heterocycles. The summed E-state index contributed by atoms with van der Waals surface area (Å²) in [6.45, 7) is 4.35. The predicted octanol–water partition coefficient (Wildman–Crippen LogP) is 3.16. The number of carbonyl (C=O) groups excluding carboxylic acids is 2. The minimum absolute atomic E-state index is 0.279. The minimum atomic E-state index is -0.451. The van der Waals surface area contributed by atoms with Gasteiger partial charge in [0.15, 0.2) is 0 Å². The zero-order chi connectivity index (χ0) is 18.5. The molecule has 7 nitrogen and oxygen atoms in total. The summed E-state index contributed by atoms with van der Waals surface area (Å²) in [6.07, 6.45) is 3.12. The van der Waals surface area contributed by atoms with Gasteiger partial charge in [-0.2, -0.15) is 5.10 Å². The maximum atomic E-state index is 12.6. The summed E-state index contributed by atoms with van der Waals surface area (Å²) in [5, 5.41) is 6.95. The monoisotopic (exact) mass is 353 g/mol. The molecule has 0 aliphatic carbocycles. The van der Waals surface area contributed by atoms with Crippen molar-refractivity contribution in [1.82, 2.24) is 9.61 Å². The van der Waals surface area contributed by atoms with Crippen molar-refractivity contribution in [3.63, 3.8) is 0 Å². The molecule has 0 fully saturated rings. The summed E-state index contributed by atoms with van der Waals surface area (Å²) in [4.78, 5) is 24.6. The second-order valence-corrected chi connectivity index (χ2v) is 5.41. The minimum Gasteiger partial charge on any atom is -0.493 e. The molecule has 1 amide bonds. The van der Waals surface area contributed by atoms with Crippen molar-refractivity contribution in [3.05, 3.63) is 59.9 Å². The number of amides is 1. The van der Waals surface area contributed by atoms with E-state index in [0.29, 0.717) is 34.7 Å². The van der Waals surface area contributed by atoms with Gasteiger partial charge in [0.05, 0.1) is 30.5 Å². The average molecular weight is 353 g/mol. The Hall–Kier alpha value is -3.35. The Kier molecular flexibility index (Phi) is 5.17. The van der Waals surface area contributed by atoms with Crippen LogP contribution >= 0.6 is 0 Å². The van der Waals surface area contributed by atoms with Crippen molar-refractivity contribution in [2.24, 2.45) is 0 Å². The van der Waals surface area contributed by atoms with Crippen LogP contribution in [0.2, 0.25) is 0 Å². The highest BCUT2D eigenvalue weighted by Crippen LogP contribution is 2.21. The number of nitrogens with zero attached hydrogens (tertiary/aromatic N) is 2. The van der Waals surface area contributed by atoms with Gasteiger partial charge in [-0.1, -0.05) is 12.1 Å². The third kappa shape index (κ3) is 3.51. The standard InChI is InChI=1S/C19H19N3O4/c1-3-25-17-8-6-5-7-14(17)18(23)21-13-9-10-22-16(11-13)15(12-20-22)19(24)26-4-2/h5-12H,3-4H2,1-2H3,(H,21,23). The van der Waals surface area contributed by atoms with Gasteiger partial charge in [0, 0.05) is 11.9 Å². The number of anilines is 1. The van der Waals surface area contributed by atoms with Gasteiger partial charge in [-0.15, -0.1) is 0 Å². The van der Waals surface area contributed by atoms with Crippen LogP contribution in [0, 0.1) is 0 Å². The highest BCUT2D eigenvalue weighted by molar-refractivity contribution is 6.06. The predicted molar refractivity (Wildman–Crippen MR) is 96.7 cm³/mol. The van der Waals surface area contributed by atoms with Gasteiger partial charge in [0.25, 0.3) is 5.91 Å². The van der Waals surface area contributed by atoms with Gasteiger partial charge in [-0.3, -0.25) is 4.79 Å². The van der Waals surface area contributed by atoms with E-state index in [2.05, 4.69) is 10.4 Å². The fourth-order valence-electron chi connectivity index (χ4n) is 2.56. The van der Waals surface area contributed by atoms with Crippen molar-refractivity contribution in [1.29, 1.82) is 0 Å². The molecule has 2 aromatic heterocycles. The van der Waals surface area contributed by atoms with E-state index < -0.39 is 5.97 Å². The molecule has 1 aromatic carbocycles. The van der Waals surface area contributed by atoms with E-state index in [4.69, 9.17) is 9.47 Å². The van der Waals surface area contributed by atoms with Crippen LogP contribution in [-0.2, 0) is 4.74 Å². The number of aromatic nitrogens is 2. The zero-order valence-corrected chi connectivity index (χ0v) is 14.6. The Morgan fingerprint density at radius 2 is 1.92 bits per heavy atom. The number of ether oxygens (including phenoxy) is 2. The van der Waals surface area contributed by atoms with Crippen LogP contribution < -0.4 is 10.1 Å². The van der Waals surface area contributed by atoms with Crippen molar-refractivity contribution >= 4 is 23.1 Å². The maximum Gasteiger partial charge on any atom is 0.341 e. The first-order valence-electron chi connectivity index (χ1n) is 8.31. The number of nitrogens with one attached hydrogen (secondary N) is 1. The van der Waals surface area contributed by atoms with Gasteiger partial charge in [0.1, 0.15) is 11.3 Å². The average Bonchev–Trinajstić information content (AvgIpc) is 3.06. The number of rotatable bonds is 6. The molecule has 26 heavy (non-hydrogen) atoms. The number of hydrogen-bond acceptors (Lipinski definition) is 5. The Balaban J connectivity index is 1.88. The number of pyridine rings is 1. The van der Waals surface area contributed by atoms with Crippen molar-refractivity contribution in [3.8, 4) is 5.75 Å². The molecule has 2 heterocycles. The summed E-state index contributed by atoms with van der Waals surface area (Å²) < 4.78 is 12.1. The molecule has 0 bridgehead atoms. The largest absolute Gasteiger partial charge is 0.493 e. The molecule has 0 aliphatic rings. The lowest BCUT2D eigenvalue weighted by Crippen LogP contribution is -2.14. The van der Waals surface area contributed by atoms with E-state index in [1.165, 1.54) is 6.20 Å². The fourth-order valence-corrected chi connectivity index (χ4v) is 2.56. The van der Waals surface area contributed by atoms with E-state index in [0.717, 1.165) is 0 Å². The molecule has 1 N–H and O–H groups in total. The Bertz CT molecular complexity index is 949. The van der Waals surface area contributed by atoms with E-state index in [9.17, 15) is 9.59 Å². The van der Waals surface area contributed by atoms with Crippen molar-refractivity contribution in [2.75, 3.05) is 18.5 Å². The van der Waals surface area contributed by atoms with E-state index in [-0.39, 0.29) is 12.5 Å². The molecule has 0 aliphatic heterocycles. The van der Waals surface area contributed by atoms with E-state index in [1.807, 2.05) is 13.0 Å². The normalized spacial score (nSPS) is 10.5. The van der Waals surface area contributed by atoms with Gasteiger partial charge in [-0.25, -0.2) is 9.31 Å². The summed E-state index contributed by atoms with van der Waals surface area (Å²) in [5.74, 6) is -0.228. The lowest BCUT2D eigenvalue weighted by molar-refractivity contribution is 0.0528. The lowest BCUT2D eigenvalue weighted by Gasteiger charge is -2.10. The number of hydrogen-bond donors (Lipinski definition) is 1. The molecule has 0 unspecified atom stereocenters. The van der Waals surface area contributed by atoms with Gasteiger partial charge in [-0.05, 0) is 38.1 Å². The molecular weight excluding hydrogens is 334 g/mol. The quantitative estimate of drug-likeness (QED) is 0.689. The summed E-state index contributed by atoms with van der Waals surface area (Å²) in [7, 11) is 0. The maximum absolute atomic E-state index is 12.6. The lowest BCUT2D eigenvalue weighted by atomic mass is 10.2. The first-order chi connectivity index (χ1) is 12.6. The summed E-state index contributed by atoms with van der Waals surface area (Å²) in [5.41, 5.74) is 1.88. The Morgan fingerprint density at radius 3 is 2.69 bits per heavy atom. The molecule has 3 rings (SSSR count). The second kappa shape index (κ2) is 7.69. The van der Waals surface area contributed by atoms with Gasteiger partial charge >= 0.3 is 5.97 Å². The molecule has 134 valence electrons.